The van der Waals surface area contributed by atoms with E-state index in [4.69, 9.17) is 11.6 Å². The molecule has 0 aliphatic rings. The number of pyridine rings is 1. The first-order chi connectivity index (χ1) is 8.10. The molecule has 2 aromatic rings. The molecular weight excluding hydrogens is 349 g/mol. The zero-order chi connectivity index (χ0) is 12.4. The highest BCUT2D eigenvalue weighted by molar-refractivity contribution is 14.1. The molecule has 0 N–H and O–H groups in total. The van der Waals surface area contributed by atoms with E-state index in [1.807, 2.05) is 18.5 Å². The van der Waals surface area contributed by atoms with Gasteiger partial charge in [-0.2, -0.15) is 5.10 Å². The predicted octanol–water partition coefficient (Wildman–Crippen LogP) is 3.73. The van der Waals surface area contributed by atoms with Gasteiger partial charge in [-0.25, -0.2) is 9.67 Å². The fraction of sp³-hybridized carbons (Fsp3) is 0.333. The molecule has 0 radical (unpaired) electrons. The van der Waals surface area contributed by atoms with E-state index in [1.165, 1.54) is 0 Å². The lowest BCUT2D eigenvalue weighted by Gasteiger charge is -2.09. The fourth-order valence-electron chi connectivity index (χ4n) is 1.51. The highest BCUT2D eigenvalue weighted by Gasteiger charge is 2.08. The Hall–Kier alpha value is -0.620. The van der Waals surface area contributed by atoms with Crippen LogP contribution in [0.5, 0.6) is 0 Å². The minimum atomic E-state index is 0.381. The van der Waals surface area contributed by atoms with Crippen LogP contribution in [0.4, 0.5) is 0 Å². The minimum absolute atomic E-state index is 0.381. The molecule has 0 aliphatic carbocycles. The lowest BCUT2D eigenvalue weighted by Crippen LogP contribution is -2.03. The van der Waals surface area contributed by atoms with Crippen molar-refractivity contribution in [2.45, 2.75) is 25.6 Å². The third-order valence-electron chi connectivity index (χ3n) is 2.42. The van der Waals surface area contributed by atoms with Crippen LogP contribution in [0.1, 0.15) is 31.0 Å². The van der Waals surface area contributed by atoms with E-state index >= 15 is 0 Å². The van der Waals surface area contributed by atoms with Gasteiger partial charge in [-0.05, 0) is 46.2 Å². The molecule has 0 fully saturated rings. The van der Waals surface area contributed by atoms with Crippen LogP contribution >= 0.6 is 34.2 Å². The Morgan fingerprint density at radius 1 is 1.41 bits per heavy atom. The molecule has 3 nitrogen and oxygen atoms in total. The smallest absolute Gasteiger partial charge is 0.153 e. The van der Waals surface area contributed by atoms with Crippen molar-refractivity contribution < 1.29 is 0 Å². The molecule has 0 amide bonds. The summed E-state index contributed by atoms with van der Waals surface area (Å²) in [7, 11) is 0. The Bertz CT molecular complexity index is 522. The molecule has 0 saturated carbocycles. The van der Waals surface area contributed by atoms with Crippen LogP contribution in [0.3, 0.4) is 0 Å². The molecule has 5 heteroatoms. The first-order valence-electron chi connectivity index (χ1n) is 5.37. The SMILES string of the molecule is CC(C)c1cc(CCl)cc(-n2cc(I)cn2)n1. The highest BCUT2D eigenvalue weighted by Crippen LogP contribution is 2.18. The molecule has 0 aromatic carbocycles. The predicted molar refractivity (Wildman–Crippen MR) is 77.7 cm³/mol. The number of alkyl halides is 1. The van der Waals surface area contributed by atoms with Gasteiger partial charge in [0.1, 0.15) is 0 Å². The molecular formula is C12H13ClIN3. The number of nitrogens with zero attached hydrogens (tertiary/aromatic N) is 3. The second kappa shape index (κ2) is 5.35. The zero-order valence-electron chi connectivity index (χ0n) is 9.69. The van der Waals surface area contributed by atoms with E-state index < -0.39 is 0 Å². The first kappa shape index (κ1) is 12.8. The average Bonchev–Trinajstić information content (AvgIpc) is 2.75. The van der Waals surface area contributed by atoms with Crippen molar-refractivity contribution in [3.05, 3.63) is 39.4 Å². The monoisotopic (exact) mass is 361 g/mol. The highest BCUT2D eigenvalue weighted by atomic mass is 127. The maximum atomic E-state index is 5.91. The number of halogens is 2. The Labute approximate surface area is 119 Å². The van der Waals surface area contributed by atoms with E-state index in [2.05, 4.69) is 52.6 Å². The number of hydrogen-bond donors (Lipinski definition) is 0. The largest absolute Gasteiger partial charge is 0.233 e. The van der Waals surface area contributed by atoms with Crippen molar-refractivity contribution in [1.82, 2.24) is 14.8 Å². The summed E-state index contributed by atoms with van der Waals surface area (Å²) < 4.78 is 2.87. The van der Waals surface area contributed by atoms with E-state index in [9.17, 15) is 0 Å². The van der Waals surface area contributed by atoms with Crippen molar-refractivity contribution in [1.29, 1.82) is 0 Å². The third-order valence-corrected chi connectivity index (χ3v) is 3.29. The van der Waals surface area contributed by atoms with Gasteiger partial charge in [-0.3, -0.25) is 0 Å². The van der Waals surface area contributed by atoms with Gasteiger partial charge in [0.25, 0.3) is 0 Å². The van der Waals surface area contributed by atoms with E-state index in [0.717, 1.165) is 20.6 Å². The third kappa shape index (κ3) is 2.98. The molecule has 90 valence electrons. The summed E-state index contributed by atoms with van der Waals surface area (Å²) in [5.41, 5.74) is 2.12. The van der Waals surface area contributed by atoms with Crippen molar-refractivity contribution in [2.75, 3.05) is 0 Å². The van der Waals surface area contributed by atoms with Gasteiger partial charge in [0, 0.05) is 17.8 Å². The summed E-state index contributed by atoms with van der Waals surface area (Å²) in [6.07, 6.45) is 3.76. The minimum Gasteiger partial charge on any atom is -0.233 e. The Kier molecular flexibility index (Phi) is 4.04. The molecule has 17 heavy (non-hydrogen) atoms. The van der Waals surface area contributed by atoms with Gasteiger partial charge in [0.2, 0.25) is 0 Å². The van der Waals surface area contributed by atoms with Crippen LogP contribution in [0, 0.1) is 3.57 Å². The topological polar surface area (TPSA) is 30.7 Å². The summed E-state index contributed by atoms with van der Waals surface area (Å²) in [5.74, 6) is 1.70. The molecule has 2 heterocycles. The average molecular weight is 362 g/mol. The van der Waals surface area contributed by atoms with Gasteiger partial charge >= 0.3 is 0 Å². The molecule has 0 aliphatic heterocycles. The molecule has 0 atom stereocenters. The van der Waals surface area contributed by atoms with Crippen LogP contribution in [0.25, 0.3) is 5.82 Å². The summed E-state index contributed by atoms with van der Waals surface area (Å²) in [4.78, 5) is 4.60. The molecule has 0 bridgehead atoms. The fourth-order valence-corrected chi connectivity index (χ4v) is 2.05. The first-order valence-corrected chi connectivity index (χ1v) is 6.99. The van der Waals surface area contributed by atoms with E-state index in [-0.39, 0.29) is 0 Å². The van der Waals surface area contributed by atoms with E-state index in [0.29, 0.717) is 11.8 Å². The lowest BCUT2D eigenvalue weighted by molar-refractivity contribution is 0.780. The van der Waals surface area contributed by atoms with Crippen LogP contribution in [0.15, 0.2) is 24.5 Å². The number of hydrogen-bond acceptors (Lipinski definition) is 2. The van der Waals surface area contributed by atoms with Crippen molar-refractivity contribution in [3.8, 4) is 5.82 Å². The van der Waals surface area contributed by atoms with Crippen molar-refractivity contribution in [2.24, 2.45) is 0 Å². The number of aromatic nitrogens is 3. The normalized spacial score (nSPS) is 11.1. The quantitative estimate of drug-likeness (QED) is 0.616. The molecule has 2 rings (SSSR count). The molecule has 0 saturated heterocycles. The summed E-state index contributed by atoms with van der Waals surface area (Å²) in [6, 6.07) is 4.03. The van der Waals surface area contributed by atoms with Crippen LogP contribution in [0.2, 0.25) is 0 Å². The summed E-state index contributed by atoms with van der Waals surface area (Å²) in [5, 5.41) is 4.27. The Morgan fingerprint density at radius 3 is 2.71 bits per heavy atom. The standard InChI is InChI=1S/C12H13ClIN3/c1-8(2)11-3-9(5-13)4-12(16-11)17-7-10(14)6-15-17/h3-4,6-8H,5H2,1-2H3. The Balaban J connectivity index is 2.49. The van der Waals surface area contributed by atoms with E-state index in [1.54, 1.807) is 4.68 Å². The van der Waals surface area contributed by atoms with Gasteiger partial charge in [-0.15, -0.1) is 11.6 Å². The van der Waals surface area contributed by atoms with Crippen LogP contribution in [-0.4, -0.2) is 14.8 Å². The van der Waals surface area contributed by atoms with Gasteiger partial charge in [0.15, 0.2) is 5.82 Å². The molecule has 0 unspecified atom stereocenters. The van der Waals surface area contributed by atoms with Crippen molar-refractivity contribution >= 4 is 34.2 Å². The Morgan fingerprint density at radius 2 is 2.18 bits per heavy atom. The lowest BCUT2D eigenvalue weighted by atomic mass is 10.1. The second-order valence-electron chi connectivity index (χ2n) is 4.15. The maximum absolute atomic E-state index is 5.91. The molecule has 2 aromatic heterocycles. The summed E-state index contributed by atoms with van der Waals surface area (Å²) in [6.45, 7) is 4.24. The van der Waals surface area contributed by atoms with Gasteiger partial charge in [0.05, 0.1) is 9.77 Å². The van der Waals surface area contributed by atoms with Gasteiger partial charge in [-0.1, -0.05) is 13.8 Å². The molecule has 0 spiro atoms. The number of rotatable bonds is 3. The van der Waals surface area contributed by atoms with Crippen LogP contribution in [-0.2, 0) is 5.88 Å². The summed E-state index contributed by atoms with van der Waals surface area (Å²) >= 11 is 8.14. The second-order valence-corrected chi connectivity index (χ2v) is 5.66. The van der Waals surface area contributed by atoms with Gasteiger partial charge < -0.3 is 0 Å². The zero-order valence-corrected chi connectivity index (χ0v) is 12.6. The van der Waals surface area contributed by atoms with Crippen molar-refractivity contribution in [3.63, 3.8) is 0 Å². The maximum Gasteiger partial charge on any atom is 0.153 e. The van der Waals surface area contributed by atoms with Crippen LogP contribution < -0.4 is 0 Å².